The molecule has 2 N–H and O–H groups in total. The van der Waals surface area contributed by atoms with Crippen LogP contribution >= 0.6 is 11.8 Å². The minimum absolute atomic E-state index is 0.183. The molecule has 0 bridgehead atoms. The fourth-order valence-electron chi connectivity index (χ4n) is 1.67. The maximum Gasteiger partial charge on any atom is 0.184 e. The standard InChI is InChI=1S/C10H14N4OS/c15-14-8-5-3-1-2-4-6-9(8)16-10-11-7-12-13-10/h1-2,7,9,15H,3-6H2,(H,11,12,13)/b2-1?,14-8+/t9-/m0/s1. The predicted molar refractivity (Wildman–Crippen MR) is 62.9 cm³/mol. The molecule has 2 rings (SSSR count). The summed E-state index contributed by atoms with van der Waals surface area (Å²) >= 11 is 1.57. The third-order valence-electron chi connectivity index (χ3n) is 2.48. The van der Waals surface area contributed by atoms with Gasteiger partial charge < -0.3 is 5.21 Å². The molecule has 16 heavy (non-hydrogen) atoms. The van der Waals surface area contributed by atoms with Gasteiger partial charge in [0.15, 0.2) is 5.16 Å². The molecule has 0 unspecified atom stereocenters. The van der Waals surface area contributed by atoms with Crippen LogP contribution in [0, 0.1) is 0 Å². The van der Waals surface area contributed by atoms with Crippen LogP contribution in [0.15, 0.2) is 28.8 Å². The van der Waals surface area contributed by atoms with E-state index in [4.69, 9.17) is 5.21 Å². The second-order valence-electron chi connectivity index (χ2n) is 3.58. The number of allylic oxidation sites excluding steroid dienone is 2. The fraction of sp³-hybridized carbons (Fsp3) is 0.500. The molecule has 1 aromatic rings. The van der Waals surface area contributed by atoms with Crippen molar-refractivity contribution in [3.63, 3.8) is 0 Å². The van der Waals surface area contributed by atoms with E-state index in [2.05, 4.69) is 32.5 Å². The number of H-pyrrole nitrogens is 1. The molecule has 0 spiro atoms. The summed E-state index contributed by atoms with van der Waals surface area (Å²) < 4.78 is 0. The highest BCUT2D eigenvalue weighted by molar-refractivity contribution is 8.00. The SMILES string of the molecule is O/N=C1\CCC=CCC[C@@H]1Sc1ncn[nH]1. The van der Waals surface area contributed by atoms with Crippen molar-refractivity contribution < 1.29 is 5.21 Å². The minimum atomic E-state index is 0.183. The van der Waals surface area contributed by atoms with E-state index in [1.165, 1.54) is 6.33 Å². The third kappa shape index (κ3) is 2.85. The molecule has 6 heteroatoms. The number of nitrogens with zero attached hydrogens (tertiary/aromatic N) is 3. The first kappa shape index (κ1) is 11.2. The lowest BCUT2D eigenvalue weighted by atomic mass is 10.0. The lowest BCUT2D eigenvalue weighted by molar-refractivity contribution is 0.316. The number of hydrogen-bond donors (Lipinski definition) is 2. The molecule has 1 heterocycles. The van der Waals surface area contributed by atoms with Crippen LogP contribution < -0.4 is 0 Å². The Bertz CT molecular complexity index is 374. The summed E-state index contributed by atoms with van der Waals surface area (Å²) in [5.41, 5.74) is 0.839. The molecule has 0 aliphatic heterocycles. The summed E-state index contributed by atoms with van der Waals surface area (Å²) in [4.78, 5) is 4.07. The van der Waals surface area contributed by atoms with E-state index in [0.29, 0.717) is 0 Å². The van der Waals surface area contributed by atoms with Crippen molar-refractivity contribution in [1.82, 2.24) is 15.2 Å². The molecule has 0 saturated carbocycles. The third-order valence-corrected chi connectivity index (χ3v) is 3.69. The Morgan fingerprint density at radius 3 is 3.06 bits per heavy atom. The predicted octanol–water partition coefficient (Wildman–Crippen LogP) is 2.23. The quantitative estimate of drug-likeness (QED) is 0.470. The van der Waals surface area contributed by atoms with Gasteiger partial charge in [-0.1, -0.05) is 29.1 Å². The molecule has 0 radical (unpaired) electrons. The summed E-state index contributed by atoms with van der Waals surface area (Å²) in [6.45, 7) is 0. The molecule has 5 nitrogen and oxygen atoms in total. The highest BCUT2D eigenvalue weighted by Crippen LogP contribution is 2.27. The molecule has 1 aliphatic rings. The highest BCUT2D eigenvalue weighted by Gasteiger charge is 2.19. The second-order valence-corrected chi connectivity index (χ2v) is 4.77. The van der Waals surface area contributed by atoms with Gasteiger partial charge in [0.1, 0.15) is 6.33 Å². The van der Waals surface area contributed by atoms with Crippen LogP contribution in [0.2, 0.25) is 0 Å². The monoisotopic (exact) mass is 238 g/mol. The van der Waals surface area contributed by atoms with Gasteiger partial charge in [0.2, 0.25) is 0 Å². The number of nitrogens with one attached hydrogen (secondary N) is 1. The van der Waals surface area contributed by atoms with Gasteiger partial charge >= 0.3 is 0 Å². The number of thioether (sulfide) groups is 1. The second kappa shape index (κ2) is 5.69. The minimum Gasteiger partial charge on any atom is -0.411 e. The molecule has 1 aromatic heterocycles. The van der Waals surface area contributed by atoms with Gasteiger partial charge in [0, 0.05) is 0 Å². The van der Waals surface area contributed by atoms with Crippen molar-refractivity contribution in [1.29, 1.82) is 0 Å². The maximum atomic E-state index is 9.01. The zero-order chi connectivity index (χ0) is 11.2. The summed E-state index contributed by atoms with van der Waals surface area (Å²) in [5.74, 6) is 0. The Labute approximate surface area is 98.0 Å². The molecule has 0 amide bonds. The van der Waals surface area contributed by atoms with Gasteiger partial charge in [-0.25, -0.2) is 4.98 Å². The van der Waals surface area contributed by atoms with Crippen LogP contribution in [0.3, 0.4) is 0 Å². The normalized spacial score (nSPS) is 24.2. The zero-order valence-corrected chi connectivity index (χ0v) is 9.65. The first-order valence-corrected chi connectivity index (χ1v) is 6.16. The van der Waals surface area contributed by atoms with E-state index >= 15 is 0 Å². The molecule has 1 aliphatic carbocycles. The number of aromatic amines is 1. The van der Waals surface area contributed by atoms with Crippen molar-refractivity contribution in [3.05, 3.63) is 18.5 Å². The van der Waals surface area contributed by atoms with Crippen molar-refractivity contribution in [2.75, 3.05) is 0 Å². The molecular formula is C10H14N4OS. The Kier molecular flexibility index (Phi) is 3.98. The van der Waals surface area contributed by atoms with Gasteiger partial charge in [0.05, 0.1) is 11.0 Å². The van der Waals surface area contributed by atoms with Crippen LogP contribution in [-0.4, -0.2) is 31.4 Å². The van der Waals surface area contributed by atoms with Gasteiger partial charge in [-0.3, -0.25) is 5.10 Å². The van der Waals surface area contributed by atoms with Gasteiger partial charge in [0.25, 0.3) is 0 Å². The van der Waals surface area contributed by atoms with Crippen molar-refractivity contribution in [2.45, 2.75) is 36.1 Å². The van der Waals surface area contributed by atoms with Crippen LogP contribution in [0.5, 0.6) is 0 Å². The number of oxime groups is 1. The first-order chi connectivity index (χ1) is 7.90. The fourth-order valence-corrected chi connectivity index (χ4v) is 2.71. The Morgan fingerprint density at radius 2 is 2.31 bits per heavy atom. The van der Waals surface area contributed by atoms with E-state index in [-0.39, 0.29) is 5.25 Å². The molecule has 0 aromatic carbocycles. The lowest BCUT2D eigenvalue weighted by Crippen LogP contribution is -2.18. The van der Waals surface area contributed by atoms with Crippen LogP contribution in [0.1, 0.15) is 25.7 Å². The van der Waals surface area contributed by atoms with Crippen LogP contribution in [0.25, 0.3) is 0 Å². The van der Waals surface area contributed by atoms with Gasteiger partial charge in [-0.05, 0) is 25.7 Å². The summed E-state index contributed by atoms with van der Waals surface area (Å²) in [6, 6.07) is 0. The molecule has 0 fully saturated rings. The van der Waals surface area contributed by atoms with Crippen LogP contribution in [0.4, 0.5) is 0 Å². The Balaban J connectivity index is 2.06. The Morgan fingerprint density at radius 1 is 1.44 bits per heavy atom. The smallest absolute Gasteiger partial charge is 0.184 e. The highest BCUT2D eigenvalue weighted by atomic mass is 32.2. The largest absolute Gasteiger partial charge is 0.411 e. The molecular weight excluding hydrogens is 224 g/mol. The van der Waals surface area contributed by atoms with E-state index in [9.17, 15) is 0 Å². The van der Waals surface area contributed by atoms with E-state index in [1.54, 1.807) is 11.8 Å². The van der Waals surface area contributed by atoms with E-state index in [1.807, 2.05) is 0 Å². The molecule has 0 saturated heterocycles. The zero-order valence-electron chi connectivity index (χ0n) is 8.83. The van der Waals surface area contributed by atoms with Crippen molar-refractivity contribution >= 4 is 17.5 Å². The van der Waals surface area contributed by atoms with Crippen molar-refractivity contribution in [2.24, 2.45) is 5.16 Å². The molecule has 1 atom stereocenters. The number of aromatic nitrogens is 3. The molecule has 86 valence electrons. The van der Waals surface area contributed by atoms with Crippen LogP contribution in [-0.2, 0) is 0 Å². The average molecular weight is 238 g/mol. The maximum absolute atomic E-state index is 9.01. The average Bonchev–Trinajstić information content (AvgIpc) is 2.75. The Hall–Kier alpha value is -1.30. The van der Waals surface area contributed by atoms with Gasteiger partial charge in [-0.15, -0.1) is 0 Å². The first-order valence-electron chi connectivity index (χ1n) is 5.28. The summed E-state index contributed by atoms with van der Waals surface area (Å²) in [5, 5.41) is 20.0. The summed E-state index contributed by atoms with van der Waals surface area (Å²) in [6.07, 6.45) is 9.52. The van der Waals surface area contributed by atoms with Gasteiger partial charge in [-0.2, -0.15) is 5.10 Å². The van der Waals surface area contributed by atoms with E-state index in [0.717, 1.165) is 36.6 Å². The van der Waals surface area contributed by atoms with E-state index < -0.39 is 0 Å². The topological polar surface area (TPSA) is 74.2 Å². The summed E-state index contributed by atoms with van der Waals surface area (Å²) in [7, 11) is 0. The number of hydrogen-bond acceptors (Lipinski definition) is 5. The van der Waals surface area contributed by atoms with Crippen molar-refractivity contribution in [3.8, 4) is 0 Å². The number of rotatable bonds is 2. The lowest BCUT2D eigenvalue weighted by Gasteiger charge is -2.16.